The number of aliphatic hydroxyl groups is 1. The van der Waals surface area contributed by atoms with E-state index in [9.17, 15) is 43.2 Å². The van der Waals surface area contributed by atoms with Crippen molar-refractivity contribution in [3.8, 4) is 0 Å². The van der Waals surface area contributed by atoms with Crippen molar-refractivity contribution in [2.45, 2.75) is 388 Å². The number of carbonyl (C=O) groups is 4. The summed E-state index contributed by atoms with van der Waals surface area (Å²) >= 11 is 0. The number of carbonyl (C=O) groups excluding carboxylic acids is 4. The van der Waals surface area contributed by atoms with Crippen LogP contribution in [0, 0.1) is 23.7 Å². The standard InChI is InChI=1S/C74H144O17P2/c1-9-65(6)51-43-35-27-20-16-14-12-13-15-17-22-30-40-48-56-73(78)91-70(61-85-72(77)55-47-39-33-32-37-45-53-67(8)11-3)63-89-93(82,83)87-59-68(75)58-86-92(80,81)88-62-69(60-84-71(76)54-46-38-29-25-24-26-34-42-50-64(4)5)90-74(79)57-49-41-31-23-19-18-21-28-36-44-52-66(7)10-2/h64-70,75H,9-63H2,1-8H3,(H,80,81)(H,82,83)/t65?,66?,67?,68?,69-,70-/m1/s1. The Hall–Kier alpha value is -1.94. The van der Waals surface area contributed by atoms with Gasteiger partial charge in [0.05, 0.1) is 26.4 Å². The minimum atomic E-state index is -4.96. The quantitative estimate of drug-likeness (QED) is 0.0222. The molecule has 0 saturated heterocycles. The lowest BCUT2D eigenvalue weighted by atomic mass is 9.99. The summed E-state index contributed by atoms with van der Waals surface area (Å²) in [6.07, 6.45) is 47.1. The van der Waals surface area contributed by atoms with Crippen LogP contribution >= 0.6 is 15.6 Å². The fraction of sp³-hybridized carbons (Fsp3) is 0.946. The Balaban J connectivity index is 5.24. The van der Waals surface area contributed by atoms with E-state index in [1.165, 1.54) is 167 Å². The molecule has 0 aliphatic carbocycles. The lowest BCUT2D eigenvalue weighted by Crippen LogP contribution is -2.30. The highest BCUT2D eigenvalue weighted by Gasteiger charge is 2.30. The Morgan fingerprint density at radius 2 is 0.516 bits per heavy atom. The second-order valence-corrected chi connectivity index (χ2v) is 30.8. The number of phosphoric acid groups is 2. The van der Waals surface area contributed by atoms with Crippen molar-refractivity contribution in [2.24, 2.45) is 23.7 Å². The highest BCUT2D eigenvalue weighted by molar-refractivity contribution is 7.47. The number of aliphatic hydroxyl groups excluding tert-OH is 1. The van der Waals surface area contributed by atoms with Gasteiger partial charge >= 0.3 is 39.5 Å². The smallest absolute Gasteiger partial charge is 0.462 e. The number of hydrogen-bond donors (Lipinski definition) is 3. The van der Waals surface area contributed by atoms with E-state index in [0.717, 1.165) is 120 Å². The summed E-state index contributed by atoms with van der Waals surface area (Å²) in [6.45, 7) is 14.2. The highest BCUT2D eigenvalue weighted by atomic mass is 31.2. The molecular formula is C74H144O17P2. The Morgan fingerprint density at radius 1 is 0.301 bits per heavy atom. The summed E-state index contributed by atoms with van der Waals surface area (Å²) in [5, 5.41) is 10.6. The maximum Gasteiger partial charge on any atom is 0.472 e. The van der Waals surface area contributed by atoms with Crippen LogP contribution in [0.4, 0.5) is 0 Å². The average Bonchev–Trinajstić information content (AvgIpc) is 1.79. The summed E-state index contributed by atoms with van der Waals surface area (Å²) < 4.78 is 68.4. The third-order valence-electron chi connectivity index (χ3n) is 18.2. The minimum absolute atomic E-state index is 0.105. The second-order valence-electron chi connectivity index (χ2n) is 27.9. The summed E-state index contributed by atoms with van der Waals surface area (Å²) in [5.41, 5.74) is 0. The van der Waals surface area contributed by atoms with Gasteiger partial charge in [-0.15, -0.1) is 0 Å². The molecule has 93 heavy (non-hydrogen) atoms. The molecule has 0 amide bonds. The van der Waals surface area contributed by atoms with Crippen molar-refractivity contribution in [1.82, 2.24) is 0 Å². The topological polar surface area (TPSA) is 237 Å². The predicted molar refractivity (Wildman–Crippen MR) is 377 cm³/mol. The molecule has 0 spiro atoms. The van der Waals surface area contributed by atoms with Crippen LogP contribution in [-0.4, -0.2) is 96.7 Å². The first-order chi connectivity index (χ1) is 44.7. The van der Waals surface area contributed by atoms with Crippen LogP contribution in [0.2, 0.25) is 0 Å². The molecule has 0 radical (unpaired) electrons. The Labute approximate surface area is 568 Å². The molecule has 0 aromatic heterocycles. The zero-order chi connectivity index (χ0) is 68.9. The maximum absolute atomic E-state index is 13.1. The van der Waals surface area contributed by atoms with Gasteiger partial charge in [0.15, 0.2) is 12.2 Å². The first-order valence-corrected chi connectivity index (χ1v) is 41.3. The molecule has 0 fully saturated rings. The van der Waals surface area contributed by atoms with Gasteiger partial charge in [0, 0.05) is 25.7 Å². The van der Waals surface area contributed by atoms with E-state index >= 15 is 0 Å². The normalized spacial score (nSPS) is 15.1. The summed E-state index contributed by atoms with van der Waals surface area (Å²) in [6, 6.07) is 0. The number of unbranched alkanes of at least 4 members (excludes halogenated alkanes) is 34. The summed E-state index contributed by atoms with van der Waals surface area (Å²) in [4.78, 5) is 72.7. The maximum atomic E-state index is 13.1. The lowest BCUT2D eigenvalue weighted by Gasteiger charge is -2.21. The van der Waals surface area contributed by atoms with Crippen LogP contribution in [0.1, 0.15) is 370 Å². The van der Waals surface area contributed by atoms with Gasteiger partial charge in [-0.25, -0.2) is 9.13 Å². The van der Waals surface area contributed by atoms with Crippen molar-refractivity contribution < 1.29 is 80.2 Å². The van der Waals surface area contributed by atoms with E-state index in [1.807, 2.05) is 0 Å². The van der Waals surface area contributed by atoms with Crippen LogP contribution in [0.25, 0.3) is 0 Å². The molecule has 552 valence electrons. The molecule has 19 heteroatoms. The van der Waals surface area contributed by atoms with E-state index in [0.29, 0.717) is 25.7 Å². The van der Waals surface area contributed by atoms with Crippen LogP contribution < -0.4 is 0 Å². The SMILES string of the molecule is CCC(C)CCCCCCCCCCCCCCCCC(=O)O[C@H](COC(=O)CCCCCCCCC(C)CC)COP(=O)(O)OCC(O)COP(=O)(O)OC[C@@H](COC(=O)CCCCCCCCCCC(C)C)OC(=O)CCCCCCCCCCCCC(C)CC. The number of rotatable bonds is 71. The van der Waals surface area contributed by atoms with Gasteiger partial charge < -0.3 is 33.8 Å². The molecule has 17 nitrogen and oxygen atoms in total. The molecule has 0 heterocycles. The van der Waals surface area contributed by atoms with Gasteiger partial charge in [0.1, 0.15) is 19.3 Å². The number of hydrogen-bond acceptors (Lipinski definition) is 15. The van der Waals surface area contributed by atoms with Crippen molar-refractivity contribution in [2.75, 3.05) is 39.6 Å². The third-order valence-corrected chi connectivity index (χ3v) is 20.1. The Morgan fingerprint density at radius 3 is 0.763 bits per heavy atom. The molecule has 0 aliphatic heterocycles. The van der Waals surface area contributed by atoms with E-state index < -0.39 is 97.5 Å². The lowest BCUT2D eigenvalue weighted by molar-refractivity contribution is -0.161. The van der Waals surface area contributed by atoms with E-state index in [2.05, 4.69) is 55.4 Å². The number of esters is 4. The minimum Gasteiger partial charge on any atom is -0.462 e. The van der Waals surface area contributed by atoms with Crippen LogP contribution in [0.15, 0.2) is 0 Å². The first-order valence-electron chi connectivity index (χ1n) is 38.3. The van der Waals surface area contributed by atoms with Gasteiger partial charge in [-0.3, -0.25) is 37.3 Å². The fourth-order valence-electron chi connectivity index (χ4n) is 11.1. The van der Waals surface area contributed by atoms with Crippen LogP contribution in [0.3, 0.4) is 0 Å². The van der Waals surface area contributed by atoms with Crippen molar-refractivity contribution in [1.29, 1.82) is 0 Å². The zero-order valence-corrected chi connectivity index (χ0v) is 62.7. The molecule has 3 N–H and O–H groups in total. The fourth-order valence-corrected chi connectivity index (χ4v) is 12.7. The average molecular weight is 1370 g/mol. The van der Waals surface area contributed by atoms with Gasteiger partial charge in [0.2, 0.25) is 0 Å². The summed E-state index contributed by atoms with van der Waals surface area (Å²) in [7, 11) is -9.91. The van der Waals surface area contributed by atoms with Crippen molar-refractivity contribution in [3.05, 3.63) is 0 Å². The van der Waals surface area contributed by atoms with Crippen LogP contribution in [-0.2, 0) is 65.4 Å². The second kappa shape index (κ2) is 63.5. The predicted octanol–water partition coefficient (Wildman–Crippen LogP) is 21.3. The van der Waals surface area contributed by atoms with Crippen molar-refractivity contribution in [3.63, 3.8) is 0 Å². The number of phosphoric ester groups is 2. The van der Waals surface area contributed by atoms with Gasteiger partial charge in [0.25, 0.3) is 0 Å². The Kier molecular flexibility index (Phi) is 62.2. The third kappa shape index (κ3) is 64.5. The highest BCUT2D eigenvalue weighted by Crippen LogP contribution is 2.45. The Bertz CT molecular complexity index is 1840. The van der Waals surface area contributed by atoms with E-state index in [4.69, 9.17) is 37.0 Å². The van der Waals surface area contributed by atoms with E-state index in [1.54, 1.807) is 0 Å². The van der Waals surface area contributed by atoms with Crippen LogP contribution in [0.5, 0.6) is 0 Å². The van der Waals surface area contributed by atoms with Gasteiger partial charge in [-0.2, -0.15) is 0 Å². The molecule has 0 rings (SSSR count). The van der Waals surface area contributed by atoms with E-state index in [-0.39, 0.29) is 25.7 Å². The molecule has 0 aliphatic rings. The first kappa shape index (κ1) is 91.1. The molecular weight excluding hydrogens is 1220 g/mol. The zero-order valence-electron chi connectivity index (χ0n) is 60.9. The molecule has 0 saturated carbocycles. The molecule has 8 atom stereocenters. The number of ether oxygens (including phenoxy) is 4. The molecule has 0 aromatic carbocycles. The molecule has 0 aromatic rings. The largest absolute Gasteiger partial charge is 0.472 e. The van der Waals surface area contributed by atoms with Gasteiger partial charge in [-0.1, -0.05) is 319 Å². The molecule has 0 bridgehead atoms. The monoisotopic (exact) mass is 1370 g/mol. The van der Waals surface area contributed by atoms with Crippen molar-refractivity contribution >= 4 is 39.5 Å². The van der Waals surface area contributed by atoms with Gasteiger partial charge in [-0.05, 0) is 49.4 Å². The molecule has 6 unspecified atom stereocenters. The summed E-state index contributed by atoms with van der Waals surface area (Å²) in [5.74, 6) is 0.981.